The van der Waals surface area contributed by atoms with Gasteiger partial charge in [0.1, 0.15) is 28.8 Å². The molecule has 3 heterocycles. The Morgan fingerprint density at radius 3 is 2.67 bits per heavy atom. The number of fused-ring (bicyclic) bond motifs is 1. The van der Waals surface area contributed by atoms with E-state index in [1.165, 1.54) is 4.90 Å². The monoisotopic (exact) mass is 490 g/mol. The molecule has 190 valence electrons. The summed E-state index contributed by atoms with van der Waals surface area (Å²) in [4.78, 5) is 15.2. The molecule has 3 aromatic rings. The number of anilines is 3. The summed E-state index contributed by atoms with van der Waals surface area (Å²) in [7, 11) is 0. The van der Waals surface area contributed by atoms with Crippen LogP contribution in [-0.2, 0) is 4.74 Å². The summed E-state index contributed by atoms with van der Waals surface area (Å²) in [5, 5.41) is 21.5. The first-order valence-electron chi connectivity index (χ1n) is 12.4. The molecule has 1 aromatic carbocycles. The molecule has 1 saturated heterocycles. The zero-order valence-corrected chi connectivity index (χ0v) is 21.6. The van der Waals surface area contributed by atoms with Gasteiger partial charge in [-0.1, -0.05) is 0 Å². The van der Waals surface area contributed by atoms with Crippen LogP contribution in [0.1, 0.15) is 51.7 Å². The first-order chi connectivity index (χ1) is 17.2. The molecule has 2 aromatic heterocycles. The Morgan fingerprint density at radius 2 is 2.06 bits per heavy atom. The van der Waals surface area contributed by atoms with E-state index in [1.54, 1.807) is 16.8 Å². The van der Waals surface area contributed by atoms with Crippen molar-refractivity contribution in [2.75, 3.05) is 29.9 Å². The molecule has 1 atom stereocenters. The minimum Gasteiger partial charge on any atom is -0.494 e. The van der Waals surface area contributed by atoms with Crippen LogP contribution in [0.2, 0.25) is 0 Å². The predicted octanol–water partition coefficient (Wildman–Crippen LogP) is 5.15. The third-order valence-electron chi connectivity index (χ3n) is 6.05. The SMILES string of the molecule is CCOc1ccc(N(C(=O)OC(C)(C)C)c2c(C)c(NCC3CCCN3)c(C#N)c3ccnn23)cc1. The van der Waals surface area contributed by atoms with Gasteiger partial charge in [0.15, 0.2) is 0 Å². The van der Waals surface area contributed by atoms with Gasteiger partial charge in [-0.3, -0.25) is 0 Å². The van der Waals surface area contributed by atoms with Crippen LogP contribution in [0.15, 0.2) is 36.5 Å². The van der Waals surface area contributed by atoms with Gasteiger partial charge in [0.2, 0.25) is 0 Å². The second-order valence-electron chi connectivity index (χ2n) is 9.86. The van der Waals surface area contributed by atoms with E-state index in [0.29, 0.717) is 53.2 Å². The van der Waals surface area contributed by atoms with E-state index in [-0.39, 0.29) is 0 Å². The summed E-state index contributed by atoms with van der Waals surface area (Å²) in [5.41, 5.74) is 2.40. The number of hydrogen-bond donors (Lipinski definition) is 2. The van der Waals surface area contributed by atoms with Crippen molar-refractivity contribution in [1.29, 1.82) is 5.26 Å². The van der Waals surface area contributed by atoms with E-state index in [2.05, 4.69) is 21.8 Å². The fourth-order valence-electron chi connectivity index (χ4n) is 4.48. The third kappa shape index (κ3) is 5.24. The largest absolute Gasteiger partial charge is 0.494 e. The normalized spacial score (nSPS) is 15.5. The first kappa shape index (κ1) is 25.3. The second-order valence-corrected chi connectivity index (χ2v) is 9.86. The Balaban J connectivity index is 1.88. The van der Waals surface area contributed by atoms with E-state index in [9.17, 15) is 10.1 Å². The molecule has 0 saturated carbocycles. The Morgan fingerprint density at radius 1 is 1.31 bits per heavy atom. The number of aromatic nitrogens is 2. The molecule has 36 heavy (non-hydrogen) atoms. The molecule has 9 nitrogen and oxygen atoms in total. The lowest BCUT2D eigenvalue weighted by Crippen LogP contribution is -2.35. The molecule has 2 N–H and O–H groups in total. The minimum atomic E-state index is -0.709. The van der Waals surface area contributed by atoms with Crippen LogP contribution in [0, 0.1) is 18.3 Å². The summed E-state index contributed by atoms with van der Waals surface area (Å²) in [6.07, 6.45) is 3.30. The van der Waals surface area contributed by atoms with Gasteiger partial charge in [-0.15, -0.1) is 0 Å². The number of benzene rings is 1. The van der Waals surface area contributed by atoms with Crippen molar-refractivity contribution in [2.45, 2.75) is 59.1 Å². The lowest BCUT2D eigenvalue weighted by molar-refractivity contribution is 0.0597. The molecule has 1 aliphatic heterocycles. The number of nitriles is 1. The number of hydrogen-bond acceptors (Lipinski definition) is 7. The van der Waals surface area contributed by atoms with Gasteiger partial charge >= 0.3 is 6.09 Å². The minimum absolute atomic E-state index is 0.327. The fourth-order valence-corrected chi connectivity index (χ4v) is 4.48. The quantitative estimate of drug-likeness (QED) is 0.472. The molecule has 1 amide bonds. The molecule has 0 radical (unpaired) electrons. The number of pyridine rings is 1. The Labute approximate surface area is 212 Å². The van der Waals surface area contributed by atoms with E-state index in [0.717, 1.165) is 24.9 Å². The summed E-state index contributed by atoms with van der Waals surface area (Å²) >= 11 is 0. The Bertz CT molecular complexity index is 1260. The van der Waals surface area contributed by atoms with Crippen LogP contribution in [0.4, 0.5) is 22.0 Å². The number of nitrogens with one attached hydrogen (secondary N) is 2. The zero-order valence-electron chi connectivity index (χ0n) is 21.6. The van der Waals surface area contributed by atoms with Crippen LogP contribution in [-0.4, -0.2) is 47.0 Å². The maximum atomic E-state index is 13.7. The smallest absolute Gasteiger partial charge is 0.420 e. The van der Waals surface area contributed by atoms with Gasteiger partial charge in [0.25, 0.3) is 0 Å². The number of carbonyl (C=O) groups excluding carboxylic acids is 1. The highest BCUT2D eigenvalue weighted by molar-refractivity contribution is 5.98. The van der Waals surface area contributed by atoms with E-state index < -0.39 is 11.7 Å². The average Bonchev–Trinajstić information content (AvgIpc) is 3.52. The van der Waals surface area contributed by atoms with E-state index in [4.69, 9.17) is 9.47 Å². The molecule has 4 rings (SSSR count). The van der Waals surface area contributed by atoms with Crippen molar-refractivity contribution in [3.8, 4) is 11.8 Å². The van der Waals surface area contributed by atoms with Gasteiger partial charge in [-0.25, -0.2) is 14.2 Å². The van der Waals surface area contributed by atoms with Crippen molar-refractivity contribution in [1.82, 2.24) is 14.9 Å². The standard InChI is InChI=1S/C27H34N6O3/c1-6-35-21-11-9-20(10-12-21)32(26(34)36-27(3,4)5)25-18(2)24(30-17-19-8-7-14-29-19)22(16-28)23-13-15-31-33(23)25/h9-13,15,19,29-30H,6-8,14,17H2,1-5H3. The zero-order chi connectivity index (χ0) is 25.9. The number of amides is 1. The first-order valence-corrected chi connectivity index (χ1v) is 12.4. The molecule has 0 aliphatic carbocycles. The molecule has 0 bridgehead atoms. The van der Waals surface area contributed by atoms with Crippen molar-refractivity contribution in [2.24, 2.45) is 0 Å². The van der Waals surface area contributed by atoms with Gasteiger partial charge in [0, 0.05) is 18.2 Å². The van der Waals surface area contributed by atoms with Crippen molar-refractivity contribution in [3.05, 3.63) is 47.7 Å². The molecule has 0 spiro atoms. The van der Waals surface area contributed by atoms with Crippen molar-refractivity contribution < 1.29 is 14.3 Å². The molecule has 1 aliphatic rings. The summed E-state index contributed by atoms with van der Waals surface area (Å²) in [6.45, 7) is 11.5. The maximum absolute atomic E-state index is 13.7. The highest BCUT2D eigenvalue weighted by Gasteiger charge is 2.31. The summed E-state index contributed by atoms with van der Waals surface area (Å²) in [6, 6.07) is 11.7. The number of rotatable bonds is 7. The van der Waals surface area contributed by atoms with Crippen LogP contribution < -0.4 is 20.3 Å². The molecule has 9 heteroatoms. The van der Waals surface area contributed by atoms with Gasteiger partial charge in [-0.2, -0.15) is 10.4 Å². The van der Waals surface area contributed by atoms with Crippen molar-refractivity contribution in [3.63, 3.8) is 0 Å². The molecule has 1 unspecified atom stereocenters. The molecule has 1 fully saturated rings. The topological polar surface area (TPSA) is 104 Å². The molecular weight excluding hydrogens is 456 g/mol. The Kier molecular flexibility index (Phi) is 7.36. The maximum Gasteiger partial charge on any atom is 0.420 e. The van der Waals surface area contributed by atoms with Crippen LogP contribution >= 0.6 is 0 Å². The Hall–Kier alpha value is -3.77. The van der Waals surface area contributed by atoms with Gasteiger partial charge in [-0.05, 0) is 84.3 Å². The van der Waals surface area contributed by atoms with Gasteiger partial charge in [0.05, 0.1) is 29.7 Å². The van der Waals surface area contributed by atoms with Crippen LogP contribution in [0.25, 0.3) is 5.52 Å². The lowest BCUT2D eigenvalue weighted by Gasteiger charge is -2.30. The van der Waals surface area contributed by atoms with Crippen molar-refractivity contribution >= 4 is 28.8 Å². The fraction of sp³-hybridized carbons (Fsp3) is 0.444. The van der Waals surface area contributed by atoms with E-state index >= 15 is 0 Å². The van der Waals surface area contributed by atoms with Crippen LogP contribution in [0.5, 0.6) is 5.75 Å². The highest BCUT2D eigenvalue weighted by Crippen LogP contribution is 2.38. The summed E-state index contributed by atoms with van der Waals surface area (Å²) in [5.74, 6) is 1.21. The molecular formula is C27H34N6O3. The lowest BCUT2D eigenvalue weighted by atomic mass is 10.1. The third-order valence-corrected chi connectivity index (χ3v) is 6.05. The second kappa shape index (κ2) is 10.5. The number of ether oxygens (including phenoxy) is 2. The van der Waals surface area contributed by atoms with Gasteiger partial charge < -0.3 is 20.1 Å². The summed E-state index contributed by atoms with van der Waals surface area (Å²) < 4.78 is 13.1. The highest BCUT2D eigenvalue weighted by atomic mass is 16.6. The predicted molar refractivity (Wildman–Crippen MR) is 140 cm³/mol. The number of carbonyl (C=O) groups is 1. The number of nitrogens with zero attached hydrogens (tertiary/aromatic N) is 4. The van der Waals surface area contributed by atoms with E-state index in [1.807, 2.05) is 58.9 Å². The van der Waals surface area contributed by atoms with Crippen LogP contribution in [0.3, 0.4) is 0 Å². The average molecular weight is 491 g/mol.